The number of thioether (sulfide) groups is 1. The predicted molar refractivity (Wildman–Crippen MR) is 104 cm³/mol. The minimum absolute atomic E-state index is 0.197. The van der Waals surface area contributed by atoms with E-state index in [1.807, 2.05) is 11.8 Å². The van der Waals surface area contributed by atoms with Crippen LogP contribution >= 0.6 is 11.8 Å². The van der Waals surface area contributed by atoms with Gasteiger partial charge in [0.15, 0.2) is 15.8 Å². The highest BCUT2D eigenvalue weighted by atomic mass is 32.2. The molecule has 3 aliphatic heterocycles. The Morgan fingerprint density at radius 3 is 2.76 bits per heavy atom. The number of hydrogen-bond acceptors (Lipinski definition) is 5. The number of nitrogens with one attached hydrogen (secondary N) is 2. The summed E-state index contributed by atoms with van der Waals surface area (Å²) in [5.41, 5.74) is 0. The second-order valence-electron chi connectivity index (χ2n) is 7.75. The summed E-state index contributed by atoms with van der Waals surface area (Å²) in [4.78, 5) is 4.85. The second kappa shape index (κ2) is 8.48. The lowest BCUT2D eigenvalue weighted by Crippen LogP contribution is -2.47. The first-order valence-corrected chi connectivity index (χ1v) is 12.2. The van der Waals surface area contributed by atoms with Crippen molar-refractivity contribution in [2.75, 3.05) is 43.6 Å². The molecule has 2 unspecified atom stereocenters. The standard InChI is InChI=1S/C17H31N3O3S2/c1-17(6-2-9-24-17)13-19-16(20-15-3-7-23-8-4-15)18-11-14-5-10-25(21,22)12-14/h14-15H,2-13H2,1H3,(H2,18,19,20). The first kappa shape index (κ1) is 19.3. The number of ether oxygens (including phenoxy) is 1. The molecular formula is C17H31N3O3S2. The van der Waals surface area contributed by atoms with Crippen LogP contribution in [-0.2, 0) is 14.6 Å². The topological polar surface area (TPSA) is 79.8 Å². The van der Waals surface area contributed by atoms with Crippen LogP contribution in [0.1, 0.15) is 39.0 Å². The van der Waals surface area contributed by atoms with E-state index in [1.165, 1.54) is 18.6 Å². The normalized spacial score (nSPS) is 33.5. The van der Waals surface area contributed by atoms with Crippen LogP contribution in [0.4, 0.5) is 0 Å². The molecule has 0 spiro atoms. The smallest absolute Gasteiger partial charge is 0.191 e. The van der Waals surface area contributed by atoms with E-state index in [0.717, 1.165) is 45.0 Å². The van der Waals surface area contributed by atoms with Gasteiger partial charge in [-0.1, -0.05) is 0 Å². The number of aliphatic imine (C=N–C) groups is 1. The zero-order valence-corrected chi connectivity index (χ0v) is 16.8. The van der Waals surface area contributed by atoms with Crippen LogP contribution in [0, 0.1) is 5.92 Å². The Morgan fingerprint density at radius 2 is 2.12 bits per heavy atom. The van der Waals surface area contributed by atoms with Gasteiger partial charge in [-0.3, -0.25) is 4.99 Å². The van der Waals surface area contributed by atoms with E-state index in [4.69, 9.17) is 9.73 Å². The highest BCUT2D eigenvalue weighted by molar-refractivity contribution is 8.00. The summed E-state index contributed by atoms with van der Waals surface area (Å²) in [7, 11) is -2.83. The summed E-state index contributed by atoms with van der Waals surface area (Å²) < 4.78 is 29.0. The van der Waals surface area contributed by atoms with Crippen LogP contribution < -0.4 is 10.6 Å². The Bertz CT molecular complexity index is 568. The largest absolute Gasteiger partial charge is 0.381 e. The van der Waals surface area contributed by atoms with Gasteiger partial charge in [-0.15, -0.1) is 0 Å². The van der Waals surface area contributed by atoms with E-state index in [1.54, 1.807) is 0 Å². The van der Waals surface area contributed by atoms with Crippen LogP contribution in [0.2, 0.25) is 0 Å². The van der Waals surface area contributed by atoms with E-state index in [2.05, 4.69) is 17.6 Å². The number of nitrogens with zero attached hydrogens (tertiary/aromatic N) is 1. The first-order valence-electron chi connectivity index (χ1n) is 9.41. The molecule has 0 bridgehead atoms. The van der Waals surface area contributed by atoms with Gasteiger partial charge in [0.25, 0.3) is 0 Å². The van der Waals surface area contributed by atoms with Crippen LogP contribution in [0.15, 0.2) is 4.99 Å². The van der Waals surface area contributed by atoms with Crippen molar-refractivity contribution in [2.24, 2.45) is 10.9 Å². The fourth-order valence-corrected chi connectivity index (χ4v) is 6.76. The lowest BCUT2D eigenvalue weighted by molar-refractivity contribution is 0.0822. The summed E-state index contributed by atoms with van der Waals surface area (Å²) in [5, 5.41) is 6.95. The van der Waals surface area contributed by atoms with Gasteiger partial charge in [0.2, 0.25) is 0 Å². The van der Waals surface area contributed by atoms with Crippen LogP contribution in [0.5, 0.6) is 0 Å². The third-order valence-corrected chi connectivity index (χ3v) is 8.68. The molecular weight excluding hydrogens is 358 g/mol. The average molecular weight is 390 g/mol. The highest BCUT2D eigenvalue weighted by Crippen LogP contribution is 2.37. The molecule has 0 saturated carbocycles. The van der Waals surface area contributed by atoms with Gasteiger partial charge in [0, 0.05) is 30.5 Å². The van der Waals surface area contributed by atoms with E-state index in [9.17, 15) is 8.42 Å². The fourth-order valence-electron chi connectivity index (χ4n) is 3.67. The lowest BCUT2D eigenvalue weighted by atomic mass is 10.1. The molecule has 2 atom stereocenters. The number of guanidine groups is 1. The summed E-state index contributed by atoms with van der Waals surface area (Å²) in [6.45, 7) is 5.36. The Morgan fingerprint density at radius 1 is 1.32 bits per heavy atom. The predicted octanol–water partition coefficient (Wildman–Crippen LogP) is 1.42. The Kier molecular flexibility index (Phi) is 6.55. The average Bonchev–Trinajstić information content (AvgIpc) is 3.17. The van der Waals surface area contributed by atoms with Crippen molar-refractivity contribution in [2.45, 2.75) is 49.8 Å². The van der Waals surface area contributed by atoms with Crippen molar-refractivity contribution in [1.29, 1.82) is 0 Å². The van der Waals surface area contributed by atoms with Gasteiger partial charge in [0.1, 0.15) is 0 Å². The van der Waals surface area contributed by atoms with Gasteiger partial charge < -0.3 is 15.4 Å². The maximum absolute atomic E-state index is 11.7. The molecule has 2 N–H and O–H groups in total. The molecule has 3 heterocycles. The Hall–Kier alpha value is -0.470. The van der Waals surface area contributed by atoms with E-state index in [-0.39, 0.29) is 10.7 Å². The SMILES string of the molecule is CC1(CN=C(NCC2CCS(=O)(=O)C2)NC2CCOCC2)CCCS1. The summed E-state index contributed by atoms with van der Waals surface area (Å²) in [6, 6.07) is 0.386. The van der Waals surface area contributed by atoms with E-state index in [0.29, 0.717) is 24.1 Å². The van der Waals surface area contributed by atoms with E-state index >= 15 is 0 Å². The Balaban J connectivity index is 1.57. The fraction of sp³-hybridized carbons (Fsp3) is 0.941. The van der Waals surface area contributed by atoms with Gasteiger partial charge in [-0.2, -0.15) is 11.8 Å². The van der Waals surface area contributed by atoms with Crippen molar-refractivity contribution < 1.29 is 13.2 Å². The molecule has 25 heavy (non-hydrogen) atoms. The summed E-state index contributed by atoms with van der Waals surface area (Å²) in [5.74, 6) is 2.89. The zero-order chi connectivity index (χ0) is 17.8. The molecule has 0 aliphatic carbocycles. The van der Waals surface area contributed by atoms with Crippen molar-refractivity contribution in [1.82, 2.24) is 10.6 Å². The molecule has 3 rings (SSSR count). The minimum Gasteiger partial charge on any atom is -0.381 e. The van der Waals surface area contributed by atoms with Crippen LogP contribution in [0.3, 0.4) is 0 Å². The van der Waals surface area contributed by atoms with E-state index < -0.39 is 9.84 Å². The van der Waals surface area contributed by atoms with Gasteiger partial charge in [-0.05, 0) is 50.7 Å². The molecule has 3 saturated heterocycles. The quantitative estimate of drug-likeness (QED) is 0.547. The zero-order valence-electron chi connectivity index (χ0n) is 15.1. The summed E-state index contributed by atoms with van der Waals surface area (Å²) >= 11 is 2.01. The monoisotopic (exact) mass is 389 g/mol. The maximum atomic E-state index is 11.7. The second-order valence-corrected chi connectivity index (χ2v) is 11.7. The third-order valence-electron chi connectivity index (χ3n) is 5.32. The van der Waals surface area contributed by atoms with Crippen molar-refractivity contribution in [3.8, 4) is 0 Å². The van der Waals surface area contributed by atoms with Crippen LogP contribution in [0.25, 0.3) is 0 Å². The molecule has 6 nitrogen and oxygen atoms in total. The molecule has 0 aromatic carbocycles. The van der Waals surface area contributed by atoms with Crippen molar-refractivity contribution in [3.05, 3.63) is 0 Å². The van der Waals surface area contributed by atoms with Crippen LogP contribution in [-0.4, -0.2) is 68.7 Å². The van der Waals surface area contributed by atoms with Crippen molar-refractivity contribution in [3.63, 3.8) is 0 Å². The third kappa shape index (κ3) is 6.03. The first-order chi connectivity index (χ1) is 11.9. The molecule has 0 aromatic rings. The molecule has 144 valence electrons. The Labute approximate surface area is 155 Å². The molecule has 3 aliphatic rings. The molecule has 8 heteroatoms. The van der Waals surface area contributed by atoms with Crippen molar-refractivity contribution >= 4 is 27.6 Å². The van der Waals surface area contributed by atoms with Gasteiger partial charge in [-0.25, -0.2) is 8.42 Å². The molecule has 0 aromatic heterocycles. The van der Waals surface area contributed by atoms with Gasteiger partial charge in [0.05, 0.1) is 18.1 Å². The number of rotatable bonds is 5. The lowest BCUT2D eigenvalue weighted by Gasteiger charge is -2.27. The number of sulfone groups is 1. The molecule has 3 fully saturated rings. The summed E-state index contributed by atoms with van der Waals surface area (Å²) in [6.07, 6.45) is 5.22. The highest BCUT2D eigenvalue weighted by Gasteiger charge is 2.30. The number of hydrogen-bond donors (Lipinski definition) is 2. The minimum atomic E-state index is -2.83. The molecule has 0 radical (unpaired) electrons. The molecule has 0 amide bonds. The maximum Gasteiger partial charge on any atom is 0.191 e. The van der Waals surface area contributed by atoms with Gasteiger partial charge >= 0.3 is 0 Å².